The van der Waals surface area contributed by atoms with Gasteiger partial charge in [0.15, 0.2) is 0 Å². The van der Waals surface area contributed by atoms with Crippen LogP contribution >= 0.6 is 0 Å². The average Bonchev–Trinajstić information content (AvgIpc) is 2.73. The van der Waals surface area contributed by atoms with Crippen LogP contribution in [0.1, 0.15) is 43.8 Å². The first kappa shape index (κ1) is 9.70. The van der Waals surface area contributed by atoms with Crippen molar-refractivity contribution < 1.29 is 5.11 Å². The van der Waals surface area contributed by atoms with Crippen molar-refractivity contribution in [1.82, 2.24) is 9.38 Å². The van der Waals surface area contributed by atoms with Crippen LogP contribution in [0.2, 0.25) is 0 Å². The Morgan fingerprint density at radius 1 is 1.19 bits per heavy atom. The molecule has 1 saturated carbocycles. The van der Waals surface area contributed by atoms with Crippen LogP contribution in [0.5, 0.6) is 5.75 Å². The number of fused-ring (bicyclic) bond motifs is 1. The molecule has 1 fully saturated rings. The maximum atomic E-state index is 9.52. The zero-order valence-electron chi connectivity index (χ0n) is 9.26. The molecule has 1 aliphatic rings. The third kappa shape index (κ3) is 1.56. The summed E-state index contributed by atoms with van der Waals surface area (Å²) in [6.07, 6.45) is 10.1. The molecular weight excluding hydrogens is 200 g/mol. The third-order valence-electron chi connectivity index (χ3n) is 3.51. The van der Waals surface area contributed by atoms with Gasteiger partial charge in [0.05, 0.1) is 17.9 Å². The van der Waals surface area contributed by atoms with E-state index in [1.165, 1.54) is 32.1 Å². The summed E-state index contributed by atoms with van der Waals surface area (Å²) in [6.45, 7) is 0. The van der Waals surface area contributed by atoms with E-state index in [-0.39, 0.29) is 0 Å². The Bertz CT molecular complexity index is 498. The second kappa shape index (κ2) is 3.81. The zero-order valence-corrected chi connectivity index (χ0v) is 9.26. The fourth-order valence-electron chi connectivity index (χ4n) is 2.66. The second-order valence-corrected chi connectivity index (χ2v) is 4.63. The summed E-state index contributed by atoms with van der Waals surface area (Å²) in [6, 6.07) is 3.62. The Labute approximate surface area is 94.7 Å². The molecule has 0 bridgehead atoms. The Kier molecular flexibility index (Phi) is 2.31. The van der Waals surface area contributed by atoms with Crippen molar-refractivity contribution in [2.45, 2.75) is 38.0 Å². The highest BCUT2D eigenvalue weighted by Gasteiger charge is 2.19. The second-order valence-electron chi connectivity index (χ2n) is 4.63. The molecule has 1 aliphatic carbocycles. The molecule has 0 spiro atoms. The van der Waals surface area contributed by atoms with Crippen molar-refractivity contribution in [3.63, 3.8) is 0 Å². The van der Waals surface area contributed by atoms with Crippen molar-refractivity contribution in [1.29, 1.82) is 0 Å². The molecule has 0 unspecified atom stereocenters. The van der Waals surface area contributed by atoms with Crippen LogP contribution < -0.4 is 0 Å². The van der Waals surface area contributed by atoms with Gasteiger partial charge >= 0.3 is 0 Å². The first-order valence-electron chi connectivity index (χ1n) is 6.00. The average molecular weight is 216 g/mol. The smallest absolute Gasteiger partial charge is 0.132 e. The standard InChI is InChI=1S/C13H16N2O/c16-12-7-6-11-8-14-13(15(11)9-12)10-4-2-1-3-5-10/h6-10,16H,1-5H2. The van der Waals surface area contributed by atoms with Gasteiger partial charge in [0.25, 0.3) is 0 Å². The quantitative estimate of drug-likeness (QED) is 0.795. The first-order chi connectivity index (χ1) is 7.84. The molecule has 0 radical (unpaired) electrons. The van der Waals surface area contributed by atoms with Crippen LogP contribution in [0.3, 0.4) is 0 Å². The van der Waals surface area contributed by atoms with Gasteiger partial charge in [-0.25, -0.2) is 4.98 Å². The molecular formula is C13H16N2O. The van der Waals surface area contributed by atoms with Crippen molar-refractivity contribution in [2.75, 3.05) is 0 Å². The first-order valence-corrected chi connectivity index (χ1v) is 6.00. The summed E-state index contributed by atoms with van der Waals surface area (Å²) in [5.41, 5.74) is 1.07. The van der Waals surface area contributed by atoms with Crippen LogP contribution in [-0.4, -0.2) is 14.5 Å². The van der Waals surface area contributed by atoms with Crippen LogP contribution in [0.25, 0.3) is 5.52 Å². The summed E-state index contributed by atoms with van der Waals surface area (Å²) in [7, 11) is 0. The highest BCUT2D eigenvalue weighted by molar-refractivity contribution is 5.48. The highest BCUT2D eigenvalue weighted by Crippen LogP contribution is 2.32. The van der Waals surface area contributed by atoms with Gasteiger partial charge in [-0.3, -0.25) is 4.40 Å². The summed E-state index contributed by atoms with van der Waals surface area (Å²) in [4.78, 5) is 4.51. The van der Waals surface area contributed by atoms with E-state index in [1.54, 1.807) is 12.3 Å². The van der Waals surface area contributed by atoms with Crippen LogP contribution in [0.4, 0.5) is 0 Å². The number of hydrogen-bond donors (Lipinski definition) is 1. The van der Waals surface area contributed by atoms with Crippen LogP contribution in [0.15, 0.2) is 24.5 Å². The summed E-state index contributed by atoms with van der Waals surface area (Å²) >= 11 is 0. The minimum absolute atomic E-state index is 0.308. The van der Waals surface area contributed by atoms with E-state index in [0.29, 0.717) is 11.7 Å². The van der Waals surface area contributed by atoms with Crippen molar-refractivity contribution in [3.05, 3.63) is 30.4 Å². The lowest BCUT2D eigenvalue weighted by molar-refractivity contribution is 0.426. The van der Waals surface area contributed by atoms with Crippen LogP contribution in [0, 0.1) is 0 Å². The number of aromatic nitrogens is 2. The fourth-order valence-corrected chi connectivity index (χ4v) is 2.66. The van der Waals surface area contributed by atoms with E-state index in [0.717, 1.165) is 11.3 Å². The Morgan fingerprint density at radius 3 is 2.81 bits per heavy atom. The van der Waals surface area contributed by atoms with Crippen LogP contribution in [-0.2, 0) is 0 Å². The molecule has 3 heteroatoms. The summed E-state index contributed by atoms with van der Waals surface area (Å²) in [5.74, 6) is 1.99. The third-order valence-corrected chi connectivity index (χ3v) is 3.51. The molecule has 0 aromatic carbocycles. The maximum absolute atomic E-state index is 9.52. The van der Waals surface area contributed by atoms with Gasteiger partial charge in [-0.15, -0.1) is 0 Å². The predicted molar refractivity (Wildman–Crippen MR) is 62.7 cm³/mol. The molecule has 0 amide bonds. The number of hydrogen-bond acceptors (Lipinski definition) is 2. The Morgan fingerprint density at radius 2 is 2.00 bits per heavy atom. The molecule has 3 rings (SSSR count). The lowest BCUT2D eigenvalue weighted by Gasteiger charge is -2.20. The van der Waals surface area contributed by atoms with Gasteiger partial charge in [0, 0.05) is 5.92 Å². The normalized spacial score (nSPS) is 18.0. The fraction of sp³-hybridized carbons (Fsp3) is 0.462. The number of rotatable bonds is 1. The lowest BCUT2D eigenvalue weighted by atomic mass is 9.89. The molecule has 16 heavy (non-hydrogen) atoms. The molecule has 0 saturated heterocycles. The zero-order chi connectivity index (χ0) is 11.0. The minimum Gasteiger partial charge on any atom is -0.506 e. The molecule has 3 nitrogen and oxygen atoms in total. The van der Waals surface area contributed by atoms with E-state index in [2.05, 4.69) is 4.98 Å². The van der Waals surface area contributed by atoms with E-state index < -0.39 is 0 Å². The van der Waals surface area contributed by atoms with Gasteiger partial charge in [-0.05, 0) is 25.0 Å². The topological polar surface area (TPSA) is 37.5 Å². The van der Waals surface area contributed by atoms with E-state index in [1.807, 2.05) is 16.7 Å². The van der Waals surface area contributed by atoms with E-state index >= 15 is 0 Å². The number of nitrogens with zero attached hydrogens (tertiary/aromatic N) is 2. The summed E-state index contributed by atoms with van der Waals surface area (Å²) in [5, 5.41) is 9.52. The molecule has 2 aromatic rings. The Hall–Kier alpha value is -1.51. The highest BCUT2D eigenvalue weighted by atomic mass is 16.3. The Balaban J connectivity index is 2.05. The molecule has 2 heterocycles. The minimum atomic E-state index is 0.308. The van der Waals surface area contributed by atoms with Gasteiger partial charge in [-0.1, -0.05) is 19.3 Å². The largest absolute Gasteiger partial charge is 0.506 e. The van der Waals surface area contributed by atoms with E-state index in [9.17, 15) is 5.11 Å². The predicted octanol–water partition coefficient (Wildman–Crippen LogP) is 3.09. The number of imidazole rings is 1. The molecule has 0 atom stereocenters. The van der Waals surface area contributed by atoms with Crippen molar-refractivity contribution in [3.8, 4) is 5.75 Å². The summed E-state index contributed by atoms with van der Waals surface area (Å²) < 4.78 is 2.03. The van der Waals surface area contributed by atoms with Gasteiger partial charge in [0.2, 0.25) is 0 Å². The molecule has 84 valence electrons. The SMILES string of the molecule is Oc1ccc2cnc(C3CCCCC3)n2c1. The van der Waals surface area contributed by atoms with E-state index in [4.69, 9.17) is 0 Å². The maximum Gasteiger partial charge on any atom is 0.132 e. The lowest BCUT2D eigenvalue weighted by Crippen LogP contribution is -2.08. The van der Waals surface area contributed by atoms with Crippen molar-refractivity contribution in [2.24, 2.45) is 0 Å². The molecule has 0 aliphatic heterocycles. The van der Waals surface area contributed by atoms with Crippen molar-refractivity contribution >= 4 is 5.52 Å². The number of aromatic hydroxyl groups is 1. The molecule has 1 N–H and O–H groups in total. The number of pyridine rings is 1. The molecule has 2 aromatic heterocycles. The van der Waals surface area contributed by atoms with Gasteiger partial charge < -0.3 is 5.11 Å². The monoisotopic (exact) mass is 216 g/mol. The van der Waals surface area contributed by atoms with Gasteiger partial charge in [0.1, 0.15) is 11.6 Å². The van der Waals surface area contributed by atoms with Gasteiger partial charge in [-0.2, -0.15) is 0 Å².